The number of carbonyl (C=O) groups is 7. The highest BCUT2D eigenvalue weighted by Crippen LogP contribution is 2.10. The lowest BCUT2D eigenvalue weighted by atomic mass is 9.97. The van der Waals surface area contributed by atoms with Crippen molar-refractivity contribution in [3.63, 3.8) is 0 Å². The smallest absolute Gasteiger partial charge is 0.322 e. The Balaban J connectivity index is 5.43. The van der Waals surface area contributed by atoms with Crippen molar-refractivity contribution in [3.05, 3.63) is 0 Å². The van der Waals surface area contributed by atoms with E-state index in [-0.39, 0.29) is 36.5 Å². The summed E-state index contributed by atoms with van der Waals surface area (Å²) in [5.41, 5.74) is 6.02. The molecular formula is C30H55N7O9. The van der Waals surface area contributed by atoms with Crippen LogP contribution in [0.3, 0.4) is 0 Å². The molecule has 6 amide bonds. The molecule has 0 saturated carbocycles. The summed E-state index contributed by atoms with van der Waals surface area (Å²) in [7, 11) is 0. The third kappa shape index (κ3) is 16.0. The molecular weight excluding hydrogens is 602 g/mol. The number of carboxylic acids is 1. The maximum absolute atomic E-state index is 13.2. The molecule has 0 aromatic rings. The van der Waals surface area contributed by atoms with Gasteiger partial charge >= 0.3 is 5.97 Å². The fourth-order valence-corrected chi connectivity index (χ4v) is 4.25. The molecule has 16 heteroatoms. The first kappa shape index (κ1) is 42.2. The Bertz CT molecular complexity index is 1050. The van der Waals surface area contributed by atoms with Gasteiger partial charge in [0.1, 0.15) is 30.7 Å². The quantitative estimate of drug-likeness (QED) is 0.0680. The van der Waals surface area contributed by atoms with Crippen LogP contribution >= 0.6 is 0 Å². The minimum Gasteiger partial charge on any atom is -0.480 e. The van der Waals surface area contributed by atoms with Crippen LogP contribution in [0.25, 0.3) is 0 Å². The van der Waals surface area contributed by atoms with E-state index in [1.54, 1.807) is 27.7 Å². The first-order valence-electron chi connectivity index (χ1n) is 15.7. The van der Waals surface area contributed by atoms with E-state index in [0.29, 0.717) is 6.42 Å². The average Bonchev–Trinajstić information content (AvgIpc) is 2.97. The molecule has 0 aromatic carbocycles. The SMILES string of the molecule is CCC(C)C(N)C(=O)NC(C(=O)NC(CC(C)C)C(=O)NCC(=O)NC(CO)C(=O)NC(CC(C)C)C(=O)NCC(=O)O)C(C)C. The average molecular weight is 658 g/mol. The number of carbonyl (C=O) groups excluding carboxylic acids is 6. The number of nitrogens with one attached hydrogen (secondary N) is 6. The fourth-order valence-electron chi connectivity index (χ4n) is 4.25. The zero-order valence-electron chi connectivity index (χ0n) is 28.3. The van der Waals surface area contributed by atoms with E-state index >= 15 is 0 Å². The highest BCUT2D eigenvalue weighted by atomic mass is 16.4. The molecule has 0 spiro atoms. The minimum absolute atomic E-state index is 0.0373. The number of rotatable bonds is 21. The monoisotopic (exact) mass is 657 g/mol. The second kappa shape index (κ2) is 21.1. The molecule has 6 atom stereocenters. The van der Waals surface area contributed by atoms with Crippen LogP contribution in [0.2, 0.25) is 0 Å². The molecule has 0 radical (unpaired) electrons. The largest absolute Gasteiger partial charge is 0.480 e. The molecule has 46 heavy (non-hydrogen) atoms. The summed E-state index contributed by atoms with van der Waals surface area (Å²) in [6.45, 7) is 12.4. The predicted molar refractivity (Wildman–Crippen MR) is 170 cm³/mol. The number of carboxylic acid groups (broad SMARTS) is 1. The summed E-state index contributed by atoms with van der Waals surface area (Å²) in [6, 6.07) is -5.44. The molecule has 0 aliphatic carbocycles. The minimum atomic E-state index is -1.48. The molecule has 264 valence electrons. The van der Waals surface area contributed by atoms with Crippen molar-refractivity contribution in [2.45, 2.75) is 105 Å². The van der Waals surface area contributed by atoms with Gasteiger partial charge in [-0.1, -0.05) is 61.8 Å². The lowest BCUT2D eigenvalue weighted by Crippen LogP contribution is -2.59. The van der Waals surface area contributed by atoms with Crippen molar-refractivity contribution in [1.82, 2.24) is 31.9 Å². The van der Waals surface area contributed by atoms with E-state index < -0.39 is 91.3 Å². The number of amides is 6. The number of nitrogens with two attached hydrogens (primary N) is 1. The molecule has 0 aliphatic heterocycles. The first-order valence-corrected chi connectivity index (χ1v) is 15.7. The van der Waals surface area contributed by atoms with Gasteiger partial charge in [0.25, 0.3) is 0 Å². The van der Waals surface area contributed by atoms with Crippen LogP contribution in [-0.4, -0.2) is 102 Å². The van der Waals surface area contributed by atoms with Gasteiger partial charge < -0.3 is 47.8 Å². The van der Waals surface area contributed by atoms with E-state index in [4.69, 9.17) is 10.8 Å². The van der Waals surface area contributed by atoms with Gasteiger partial charge in [0, 0.05) is 0 Å². The Labute approximate surface area is 271 Å². The predicted octanol–water partition coefficient (Wildman–Crippen LogP) is -1.64. The second-order valence-electron chi connectivity index (χ2n) is 12.7. The van der Waals surface area contributed by atoms with Gasteiger partial charge in [-0.2, -0.15) is 0 Å². The molecule has 16 nitrogen and oxygen atoms in total. The molecule has 0 saturated heterocycles. The summed E-state index contributed by atoms with van der Waals surface area (Å²) < 4.78 is 0. The van der Waals surface area contributed by atoms with Gasteiger partial charge in [0.15, 0.2) is 0 Å². The number of aliphatic hydroxyl groups excluding tert-OH is 1. The van der Waals surface area contributed by atoms with E-state index in [9.17, 15) is 38.7 Å². The summed E-state index contributed by atoms with van der Waals surface area (Å²) in [5.74, 6) is -6.03. The topological polar surface area (TPSA) is 258 Å². The van der Waals surface area contributed by atoms with E-state index in [1.807, 2.05) is 27.7 Å². The lowest BCUT2D eigenvalue weighted by Gasteiger charge is -2.28. The van der Waals surface area contributed by atoms with E-state index in [0.717, 1.165) is 0 Å². The summed E-state index contributed by atoms with van der Waals surface area (Å²) in [5, 5.41) is 33.2. The van der Waals surface area contributed by atoms with Crippen molar-refractivity contribution < 1.29 is 43.8 Å². The van der Waals surface area contributed by atoms with Crippen LogP contribution in [-0.2, 0) is 33.6 Å². The zero-order chi connectivity index (χ0) is 35.7. The maximum Gasteiger partial charge on any atom is 0.322 e. The zero-order valence-corrected chi connectivity index (χ0v) is 28.3. The number of aliphatic carboxylic acids is 1. The maximum atomic E-state index is 13.2. The van der Waals surface area contributed by atoms with Crippen molar-refractivity contribution in [2.24, 2.45) is 29.4 Å². The Morgan fingerprint density at radius 1 is 0.630 bits per heavy atom. The molecule has 0 heterocycles. The number of aliphatic hydroxyl groups is 1. The van der Waals surface area contributed by atoms with E-state index in [2.05, 4.69) is 31.9 Å². The van der Waals surface area contributed by atoms with Crippen LogP contribution in [0.1, 0.15) is 74.7 Å². The standard InChI is InChI=1S/C30H55N7O9/c1-9-18(8)24(31)29(45)37-25(17(6)7)30(46)36-20(11-16(4)5)26(42)32-12-22(39)34-21(14-38)28(44)35-19(10-15(2)3)27(43)33-13-23(40)41/h15-21,24-25,38H,9-14,31H2,1-8H3,(H,32,42)(H,33,43)(H,34,39)(H,35,44)(H,36,46)(H,37,45)(H,40,41). The third-order valence-corrected chi connectivity index (χ3v) is 7.16. The van der Waals surface area contributed by atoms with Crippen LogP contribution in [0.15, 0.2) is 0 Å². The molecule has 6 unspecified atom stereocenters. The van der Waals surface area contributed by atoms with Crippen LogP contribution in [0, 0.1) is 23.7 Å². The molecule has 0 aromatic heterocycles. The van der Waals surface area contributed by atoms with Crippen molar-refractivity contribution in [3.8, 4) is 0 Å². The Kier molecular flexibility index (Phi) is 19.4. The Morgan fingerprint density at radius 3 is 1.52 bits per heavy atom. The van der Waals surface area contributed by atoms with Crippen molar-refractivity contribution in [2.75, 3.05) is 19.7 Å². The van der Waals surface area contributed by atoms with Crippen LogP contribution in [0.5, 0.6) is 0 Å². The van der Waals surface area contributed by atoms with Gasteiger partial charge in [0.05, 0.1) is 19.2 Å². The summed E-state index contributed by atoms with van der Waals surface area (Å²) in [4.78, 5) is 87.5. The molecule has 0 bridgehead atoms. The first-order chi connectivity index (χ1) is 21.3. The van der Waals surface area contributed by atoms with Crippen LogP contribution in [0.4, 0.5) is 0 Å². The Morgan fingerprint density at radius 2 is 1.11 bits per heavy atom. The van der Waals surface area contributed by atoms with Crippen LogP contribution < -0.4 is 37.6 Å². The second-order valence-corrected chi connectivity index (χ2v) is 12.7. The molecule has 0 rings (SSSR count). The molecule has 0 aliphatic rings. The molecule has 0 fully saturated rings. The number of hydrogen-bond donors (Lipinski definition) is 9. The Hall–Kier alpha value is -3.79. The van der Waals surface area contributed by atoms with Gasteiger partial charge in [0.2, 0.25) is 35.4 Å². The third-order valence-electron chi connectivity index (χ3n) is 7.16. The number of hydrogen-bond acceptors (Lipinski definition) is 9. The van der Waals surface area contributed by atoms with E-state index in [1.165, 1.54) is 0 Å². The van der Waals surface area contributed by atoms with Gasteiger partial charge in [-0.25, -0.2) is 0 Å². The summed E-state index contributed by atoms with van der Waals surface area (Å²) in [6.07, 6.45) is 1.05. The normalized spacial score (nSPS) is 15.2. The fraction of sp³-hybridized carbons (Fsp3) is 0.767. The highest BCUT2D eigenvalue weighted by Gasteiger charge is 2.32. The lowest BCUT2D eigenvalue weighted by molar-refractivity contribution is -0.138. The molecule has 10 N–H and O–H groups in total. The van der Waals surface area contributed by atoms with Gasteiger partial charge in [-0.3, -0.25) is 33.6 Å². The van der Waals surface area contributed by atoms with Crippen molar-refractivity contribution >= 4 is 41.4 Å². The summed E-state index contributed by atoms with van der Waals surface area (Å²) >= 11 is 0. The highest BCUT2D eigenvalue weighted by molar-refractivity contribution is 5.96. The van der Waals surface area contributed by atoms with Gasteiger partial charge in [-0.05, 0) is 36.5 Å². The van der Waals surface area contributed by atoms with Gasteiger partial charge in [-0.15, -0.1) is 0 Å². The van der Waals surface area contributed by atoms with Crippen molar-refractivity contribution in [1.29, 1.82) is 0 Å².